The van der Waals surface area contributed by atoms with Gasteiger partial charge >= 0.3 is 0 Å². The summed E-state index contributed by atoms with van der Waals surface area (Å²) in [5, 5.41) is 0. The molecule has 22 heavy (non-hydrogen) atoms. The van der Waals surface area contributed by atoms with Crippen molar-refractivity contribution >= 4 is 8.32 Å². The van der Waals surface area contributed by atoms with E-state index in [0.29, 0.717) is 6.10 Å². The Kier molecular flexibility index (Phi) is 6.22. The molecule has 2 rings (SSSR count). The Bertz CT molecular complexity index is 510. The van der Waals surface area contributed by atoms with Gasteiger partial charge in [0, 0.05) is 0 Å². The van der Waals surface area contributed by atoms with Gasteiger partial charge in [-0.3, -0.25) is 0 Å². The quantitative estimate of drug-likeness (QED) is 0.594. The zero-order chi connectivity index (χ0) is 16.0. The first-order valence-electron chi connectivity index (χ1n) is 8.56. The van der Waals surface area contributed by atoms with Gasteiger partial charge in [-0.1, -0.05) is 49.4 Å². The fourth-order valence-electron chi connectivity index (χ4n) is 3.22. The first-order chi connectivity index (χ1) is 10.5. The summed E-state index contributed by atoms with van der Waals surface area (Å²) < 4.78 is 6.46. The summed E-state index contributed by atoms with van der Waals surface area (Å²) in [6.45, 7) is 10.9. The molecule has 1 aliphatic rings. The van der Waals surface area contributed by atoms with E-state index >= 15 is 0 Å². The number of aryl methyl sites for hydroxylation is 1. The van der Waals surface area contributed by atoms with Gasteiger partial charge in [0.2, 0.25) is 0 Å². The molecule has 1 nitrogen and oxygen atoms in total. The molecule has 0 aromatic heterocycles. The van der Waals surface area contributed by atoms with Crippen LogP contribution in [-0.2, 0) is 10.8 Å². The predicted molar refractivity (Wildman–Crippen MR) is 98.7 cm³/mol. The second-order valence-corrected chi connectivity index (χ2v) is 11.7. The molecule has 0 bridgehead atoms. The van der Waals surface area contributed by atoms with Crippen molar-refractivity contribution in [3.63, 3.8) is 0 Å². The lowest BCUT2D eigenvalue weighted by Crippen LogP contribution is -2.34. The van der Waals surface area contributed by atoms with Crippen LogP contribution in [0.5, 0.6) is 0 Å². The summed E-state index contributed by atoms with van der Waals surface area (Å²) in [7, 11) is -1.50. The van der Waals surface area contributed by atoms with E-state index in [4.69, 9.17) is 4.43 Å². The van der Waals surface area contributed by atoms with E-state index in [1.807, 2.05) is 0 Å². The monoisotopic (exact) mass is 314 g/mol. The van der Waals surface area contributed by atoms with E-state index in [1.165, 1.54) is 42.4 Å². The minimum atomic E-state index is -1.50. The third-order valence-electron chi connectivity index (χ3n) is 4.23. The van der Waals surface area contributed by atoms with Gasteiger partial charge in [0.25, 0.3) is 0 Å². The van der Waals surface area contributed by atoms with Crippen molar-refractivity contribution in [2.75, 3.05) is 0 Å². The molecule has 120 valence electrons. The van der Waals surface area contributed by atoms with Crippen molar-refractivity contribution in [3.05, 3.63) is 59.7 Å². The Labute approximate surface area is 137 Å². The van der Waals surface area contributed by atoms with Crippen LogP contribution >= 0.6 is 0 Å². The molecule has 0 spiro atoms. The van der Waals surface area contributed by atoms with Crippen molar-refractivity contribution in [1.82, 2.24) is 0 Å². The fourth-order valence-corrected chi connectivity index (χ4v) is 4.34. The molecule has 1 aliphatic carbocycles. The molecule has 2 heteroatoms. The second kappa shape index (κ2) is 7.93. The van der Waals surface area contributed by atoms with Crippen molar-refractivity contribution in [3.8, 4) is 0 Å². The van der Waals surface area contributed by atoms with Gasteiger partial charge in [-0.15, -0.1) is 0 Å². The standard InChI is InChI=1S/C20H30OSi/c1-5-18(16-15-17-11-7-6-8-12-17)19-13-9-10-14-20(19)21-22(2,3)4/h5-8,11-12,20H,1,9-10,13-16H2,2-4H3/b19-18+. The molecule has 1 atom stereocenters. The molecule has 1 fully saturated rings. The lowest BCUT2D eigenvalue weighted by Gasteiger charge is -2.33. The van der Waals surface area contributed by atoms with Crippen LogP contribution in [0.1, 0.15) is 37.7 Å². The fraction of sp³-hybridized carbons (Fsp3) is 0.500. The van der Waals surface area contributed by atoms with Crippen LogP contribution in [0.15, 0.2) is 54.1 Å². The summed E-state index contributed by atoms with van der Waals surface area (Å²) >= 11 is 0. The van der Waals surface area contributed by atoms with Crippen molar-refractivity contribution < 1.29 is 4.43 Å². The normalized spacial score (nSPS) is 21.5. The smallest absolute Gasteiger partial charge is 0.184 e. The molecular formula is C20H30OSi. The van der Waals surface area contributed by atoms with Gasteiger partial charge in [0.15, 0.2) is 8.32 Å². The SMILES string of the molecule is C=C/C(CCc1ccccc1)=C1/CCCCC1O[Si](C)(C)C. The lowest BCUT2D eigenvalue weighted by molar-refractivity contribution is 0.195. The number of hydrogen-bond donors (Lipinski definition) is 0. The Morgan fingerprint density at radius 2 is 1.95 bits per heavy atom. The predicted octanol–water partition coefficient (Wildman–Crippen LogP) is 5.90. The molecule has 1 saturated carbocycles. The van der Waals surface area contributed by atoms with Gasteiger partial charge in [0.1, 0.15) is 0 Å². The summed E-state index contributed by atoms with van der Waals surface area (Å²) in [4.78, 5) is 0. The average molecular weight is 315 g/mol. The highest BCUT2D eigenvalue weighted by molar-refractivity contribution is 6.69. The average Bonchev–Trinajstić information content (AvgIpc) is 2.49. The lowest BCUT2D eigenvalue weighted by atomic mass is 9.86. The van der Waals surface area contributed by atoms with Crippen LogP contribution in [-0.4, -0.2) is 14.4 Å². The molecule has 0 aliphatic heterocycles. The number of hydrogen-bond acceptors (Lipinski definition) is 1. The van der Waals surface area contributed by atoms with Crippen molar-refractivity contribution in [1.29, 1.82) is 0 Å². The van der Waals surface area contributed by atoms with Crippen molar-refractivity contribution in [2.45, 2.75) is 64.3 Å². The Morgan fingerprint density at radius 3 is 2.59 bits per heavy atom. The minimum absolute atomic E-state index is 0.337. The molecule has 0 heterocycles. The van der Waals surface area contributed by atoms with Crippen LogP contribution in [0.3, 0.4) is 0 Å². The first kappa shape index (κ1) is 17.2. The maximum atomic E-state index is 6.46. The molecule has 1 aromatic rings. The summed E-state index contributed by atoms with van der Waals surface area (Å²) in [6, 6.07) is 10.7. The number of rotatable bonds is 6. The van der Waals surface area contributed by atoms with Gasteiger partial charge in [-0.2, -0.15) is 0 Å². The zero-order valence-corrected chi connectivity index (χ0v) is 15.4. The third-order valence-corrected chi connectivity index (χ3v) is 5.22. The summed E-state index contributed by atoms with van der Waals surface area (Å²) in [5.41, 5.74) is 4.35. The Morgan fingerprint density at radius 1 is 1.23 bits per heavy atom. The minimum Gasteiger partial charge on any atom is -0.411 e. The van der Waals surface area contributed by atoms with Crippen LogP contribution in [0, 0.1) is 0 Å². The maximum absolute atomic E-state index is 6.46. The van der Waals surface area contributed by atoms with E-state index in [2.05, 4.69) is 62.6 Å². The summed E-state index contributed by atoms with van der Waals surface area (Å²) in [6.07, 6.45) is 9.53. The third kappa shape index (κ3) is 5.26. The van der Waals surface area contributed by atoms with Crippen LogP contribution < -0.4 is 0 Å². The Hall–Kier alpha value is -1.12. The molecule has 0 N–H and O–H groups in total. The van der Waals surface area contributed by atoms with E-state index < -0.39 is 8.32 Å². The topological polar surface area (TPSA) is 9.23 Å². The number of benzene rings is 1. The van der Waals surface area contributed by atoms with E-state index in [-0.39, 0.29) is 0 Å². The van der Waals surface area contributed by atoms with E-state index in [1.54, 1.807) is 0 Å². The molecule has 1 aromatic carbocycles. The number of allylic oxidation sites excluding steroid dienone is 2. The maximum Gasteiger partial charge on any atom is 0.184 e. The van der Waals surface area contributed by atoms with E-state index in [9.17, 15) is 0 Å². The van der Waals surface area contributed by atoms with Gasteiger partial charge < -0.3 is 4.43 Å². The molecule has 1 unspecified atom stereocenters. The molecule has 0 amide bonds. The largest absolute Gasteiger partial charge is 0.411 e. The highest BCUT2D eigenvalue weighted by atomic mass is 28.4. The second-order valence-electron chi connectivity index (χ2n) is 7.20. The summed E-state index contributed by atoms with van der Waals surface area (Å²) in [5.74, 6) is 0. The van der Waals surface area contributed by atoms with Crippen molar-refractivity contribution in [2.24, 2.45) is 0 Å². The van der Waals surface area contributed by atoms with Crippen LogP contribution in [0.4, 0.5) is 0 Å². The zero-order valence-electron chi connectivity index (χ0n) is 14.4. The highest BCUT2D eigenvalue weighted by Crippen LogP contribution is 2.32. The van der Waals surface area contributed by atoms with Crippen LogP contribution in [0.25, 0.3) is 0 Å². The van der Waals surface area contributed by atoms with Gasteiger partial charge in [0.05, 0.1) is 6.10 Å². The first-order valence-corrected chi connectivity index (χ1v) is 12.0. The highest BCUT2D eigenvalue weighted by Gasteiger charge is 2.27. The molecular weight excluding hydrogens is 284 g/mol. The molecule has 0 saturated heterocycles. The molecule has 0 radical (unpaired) electrons. The van der Waals surface area contributed by atoms with Gasteiger partial charge in [-0.25, -0.2) is 0 Å². The Balaban J connectivity index is 2.12. The van der Waals surface area contributed by atoms with Crippen LogP contribution in [0.2, 0.25) is 19.6 Å². The van der Waals surface area contributed by atoms with E-state index in [0.717, 1.165) is 12.8 Å². The van der Waals surface area contributed by atoms with Gasteiger partial charge in [-0.05, 0) is 68.5 Å².